The van der Waals surface area contributed by atoms with Crippen molar-refractivity contribution in [2.45, 2.75) is 33.4 Å². The standard InChI is InChI=1S/C15H20BNO5/c1-8(2)13(15(19)21-4)17-14(18)11-6-5-10-7-22-16(20)12(10)9(11)3/h5-6,8,13,20H,7H2,1-4H3,(H,17,18). The topological polar surface area (TPSA) is 84.9 Å². The van der Waals surface area contributed by atoms with Gasteiger partial charge in [-0.2, -0.15) is 0 Å². The molecule has 22 heavy (non-hydrogen) atoms. The molecule has 0 bridgehead atoms. The van der Waals surface area contributed by atoms with Crippen LogP contribution in [0, 0.1) is 12.8 Å². The molecule has 1 unspecified atom stereocenters. The molecule has 0 aromatic heterocycles. The Morgan fingerprint density at radius 2 is 2.09 bits per heavy atom. The maximum absolute atomic E-state index is 12.5. The lowest BCUT2D eigenvalue weighted by Crippen LogP contribution is -2.45. The van der Waals surface area contributed by atoms with E-state index in [0.29, 0.717) is 23.2 Å². The third kappa shape index (κ3) is 3.00. The Labute approximate surface area is 129 Å². The predicted molar refractivity (Wildman–Crippen MR) is 81.7 cm³/mol. The average molecular weight is 305 g/mol. The van der Waals surface area contributed by atoms with Gasteiger partial charge in [-0.1, -0.05) is 19.9 Å². The largest absolute Gasteiger partial charge is 0.492 e. The highest BCUT2D eigenvalue weighted by atomic mass is 16.5. The summed E-state index contributed by atoms with van der Waals surface area (Å²) in [6.45, 7) is 5.74. The molecule has 1 amide bonds. The van der Waals surface area contributed by atoms with Gasteiger partial charge in [-0.05, 0) is 35.5 Å². The molecule has 0 saturated carbocycles. The summed E-state index contributed by atoms with van der Waals surface area (Å²) in [7, 11) is 0.280. The first-order chi connectivity index (χ1) is 10.4. The fraction of sp³-hybridized carbons (Fsp3) is 0.467. The number of carbonyl (C=O) groups excluding carboxylic acids is 2. The Balaban J connectivity index is 2.27. The molecule has 1 atom stereocenters. The van der Waals surface area contributed by atoms with Crippen molar-refractivity contribution in [1.29, 1.82) is 0 Å². The Hall–Kier alpha value is -1.86. The number of esters is 1. The van der Waals surface area contributed by atoms with Gasteiger partial charge in [-0.25, -0.2) is 4.79 Å². The van der Waals surface area contributed by atoms with Crippen molar-refractivity contribution >= 4 is 24.5 Å². The molecule has 2 N–H and O–H groups in total. The molecule has 118 valence electrons. The Kier molecular flexibility index (Phi) is 4.88. The smallest absolute Gasteiger partial charge is 0.467 e. The van der Waals surface area contributed by atoms with E-state index in [9.17, 15) is 14.6 Å². The average Bonchev–Trinajstić information content (AvgIpc) is 2.86. The molecular weight excluding hydrogens is 285 g/mol. The minimum atomic E-state index is -1.01. The molecule has 1 aliphatic rings. The van der Waals surface area contributed by atoms with E-state index in [0.717, 1.165) is 5.56 Å². The van der Waals surface area contributed by atoms with Crippen LogP contribution in [-0.4, -0.2) is 37.2 Å². The number of benzene rings is 1. The lowest BCUT2D eigenvalue weighted by Gasteiger charge is -2.20. The summed E-state index contributed by atoms with van der Waals surface area (Å²) in [4.78, 5) is 24.2. The second-order valence-corrected chi connectivity index (χ2v) is 5.69. The summed E-state index contributed by atoms with van der Waals surface area (Å²) < 4.78 is 9.88. The molecule has 1 aliphatic heterocycles. The monoisotopic (exact) mass is 305 g/mol. The molecule has 1 heterocycles. The summed E-state index contributed by atoms with van der Waals surface area (Å²) in [5.74, 6) is -0.950. The number of amides is 1. The number of fused-ring (bicyclic) bond motifs is 1. The third-order valence-corrected chi connectivity index (χ3v) is 3.90. The van der Waals surface area contributed by atoms with Gasteiger partial charge in [0.15, 0.2) is 0 Å². The lowest BCUT2D eigenvalue weighted by molar-refractivity contribution is -0.144. The van der Waals surface area contributed by atoms with Crippen LogP contribution in [0.1, 0.15) is 35.3 Å². The van der Waals surface area contributed by atoms with E-state index in [4.69, 9.17) is 9.39 Å². The molecule has 0 aliphatic carbocycles. The van der Waals surface area contributed by atoms with Gasteiger partial charge in [-0.15, -0.1) is 0 Å². The summed E-state index contributed by atoms with van der Waals surface area (Å²) in [5, 5.41) is 12.5. The third-order valence-electron chi connectivity index (χ3n) is 3.90. The second kappa shape index (κ2) is 6.50. The van der Waals surface area contributed by atoms with E-state index in [1.807, 2.05) is 13.8 Å². The number of ether oxygens (including phenoxy) is 1. The Morgan fingerprint density at radius 3 is 2.68 bits per heavy atom. The van der Waals surface area contributed by atoms with E-state index in [1.165, 1.54) is 7.11 Å². The van der Waals surface area contributed by atoms with Gasteiger partial charge in [0.2, 0.25) is 0 Å². The summed E-state index contributed by atoms with van der Waals surface area (Å²) >= 11 is 0. The van der Waals surface area contributed by atoms with Crippen molar-refractivity contribution in [2.24, 2.45) is 5.92 Å². The maximum Gasteiger partial charge on any atom is 0.492 e. The fourth-order valence-electron chi connectivity index (χ4n) is 2.60. The van der Waals surface area contributed by atoms with E-state index in [2.05, 4.69) is 5.32 Å². The summed E-state index contributed by atoms with van der Waals surface area (Å²) in [6.07, 6.45) is 0. The molecular formula is C15H20BNO5. The Bertz CT molecular complexity index is 602. The highest BCUT2D eigenvalue weighted by Gasteiger charge is 2.32. The van der Waals surface area contributed by atoms with Crippen LogP contribution in [-0.2, 0) is 20.8 Å². The molecule has 6 nitrogen and oxygen atoms in total. The van der Waals surface area contributed by atoms with Crippen LogP contribution in [0.15, 0.2) is 12.1 Å². The number of carbonyl (C=O) groups is 2. The van der Waals surface area contributed by atoms with Crippen molar-refractivity contribution < 1.29 is 24.0 Å². The van der Waals surface area contributed by atoms with Crippen LogP contribution in [0.5, 0.6) is 0 Å². The molecule has 0 radical (unpaired) electrons. The fourth-order valence-corrected chi connectivity index (χ4v) is 2.60. The van der Waals surface area contributed by atoms with Gasteiger partial charge >= 0.3 is 13.1 Å². The molecule has 0 saturated heterocycles. The van der Waals surface area contributed by atoms with Gasteiger partial charge in [0, 0.05) is 5.56 Å². The van der Waals surface area contributed by atoms with Crippen LogP contribution in [0.25, 0.3) is 0 Å². The second-order valence-electron chi connectivity index (χ2n) is 5.69. The van der Waals surface area contributed by atoms with Gasteiger partial charge in [0.1, 0.15) is 6.04 Å². The minimum Gasteiger partial charge on any atom is -0.467 e. The number of rotatable bonds is 4. The molecule has 0 spiro atoms. The molecule has 0 fully saturated rings. The highest BCUT2D eigenvalue weighted by molar-refractivity contribution is 6.62. The number of hydrogen-bond donors (Lipinski definition) is 2. The lowest BCUT2D eigenvalue weighted by atomic mass is 9.75. The van der Waals surface area contributed by atoms with Crippen molar-refractivity contribution in [3.05, 3.63) is 28.8 Å². The SMILES string of the molecule is COC(=O)C(NC(=O)c1ccc2c(c1C)B(O)OC2)C(C)C. The van der Waals surface area contributed by atoms with Crippen LogP contribution < -0.4 is 10.8 Å². The molecule has 1 aromatic carbocycles. The van der Waals surface area contributed by atoms with E-state index in [-0.39, 0.29) is 11.8 Å². The number of nitrogens with one attached hydrogen (secondary N) is 1. The van der Waals surface area contributed by atoms with Crippen molar-refractivity contribution in [2.75, 3.05) is 7.11 Å². The van der Waals surface area contributed by atoms with Crippen LogP contribution >= 0.6 is 0 Å². The quantitative estimate of drug-likeness (QED) is 0.610. The summed E-state index contributed by atoms with van der Waals surface area (Å²) in [6, 6.07) is 2.72. The van der Waals surface area contributed by atoms with Crippen molar-refractivity contribution in [1.82, 2.24) is 5.32 Å². The van der Waals surface area contributed by atoms with E-state index >= 15 is 0 Å². The van der Waals surface area contributed by atoms with Gasteiger partial charge in [0.05, 0.1) is 13.7 Å². The molecule has 2 rings (SSSR count). The molecule has 1 aromatic rings. The first-order valence-corrected chi connectivity index (χ1v) is 7.17. The predicted octanol–water partition coefficient (Wildman–Crippen LogP) is 0.140. The zero-order valence-electron chi connectivity index (χ0n) is 13.2. The van der Waals surface area contributed by atoms with Crippen LogP contribution in [0.4, 0.5) is 0 Å². The molecule has 7 heteroatoms. The van der Waals surface area contributed by atoms with Crippen LogP contribution in [0.3, 0.4) is 0 Å². The normalized spacial score (nSPS) is 14.7. The Morgan fingerprint density at radius 1 is 1.41 bits per heavy atom. The first-order valence-electron chi connectivity index (χ1n) is 7.17. The minimum absolute atomic E-state index is 0.0972. The zero-order chi connectivity index (χ0) is 16.4. The van der Waals surface area contributed by atoms with Gasteiger partial charge in [0.25, 0.3) is 5.91 Å². The van der Waals surface area contributed by atoms with Crippen molar-refractivity contribution in [3.8, 4) is 0 Å². The van der Waals surface area contributed by atoms with Crippen LogP contribution in [0.2, 0.25) is 0 Å². The zero-order valence-corrected chi connectivity index (χ0v) is 13.2. The number of methoxy groups -OCH3 is 1. The maximum atomic E-state index is 12.5. The van der Waals surface area contributed by atoms with E-state index < -0.39 is 19.1 Å². The van der Waals surface area contributed by atoms with Gasteiger partial charge in [-0.3, -0.25) is 4.79 Å². The van der Waals surface area contributed by atoms with Crippen molar-refractivity contribution in [3.63, 3.8) is 0 Å². The van der Waals surface area contributed by atoms with Gasteiger partial charge < -0.3 is 19.7 Å². The first kappa shape index (κ1) is 16.5. The summed E-state index contributed by atoms with van der Waals surface area (Å²) in [5.41, 5.74) is 2.58. The number of hydrogen-bond acceptors (Lipinski definition) is 5. The van der Waals surface area contributed by atoms with E-state index in [1.54, 1.807) is 19.1 Å². The highest BCUT2D eigenvalue weighted by Crippen LogP contribution is 2.17.